The van der Waals surface area contributed by atoms with Crippen molar-refractivity contribution >= 4 is 0 Å². The highest BCUT2D eigenvalue weighted by Gasteiger charge is 2.38. The van der Waals surface area contributed by atoms with Crippen molar-refractivity contribution < 1.29 is 0 Å². The van der Waals surface area contributed by atoms with Crippen LogP contribution in [0.1, 0.15) is 32.1 Å². The zero-order valence-electron chi connectivity index (χ0n) is 22.0. The van der Waals surface area contributed by atoms with Gasteiger partial charge < -0.3 is 29.4 Å². The van der Waals surface area contributed by atoms with Gasteiger partial charge in [-0.2, -0.15) is 0 Å². The van der Waals surface area contributed by atoms with Gasteiger partial charge >= 0.3 is 0 Å². The smallest absolute Gasteiger partial charge is 0.0261 e. The first-order valence-corrected chi connectivity index (χ1v) is 13.5. The average molecular weight is 449 g/mol. The molecule has 6 unspecified atom stereocenters. The van der Waals surface area contributed by atoms with Crippen molar-refractivity contribution in [2.45, 2.75) is 50.2 Å². The van der Waals surface area contributed by atoms with E-state index >= 15 is 0 Å². The summed E-state index contributed by atoms with van der Waals surface area (Å²) in [6.07, 6.45) is 7.00. The van der Waals surface area contributed by atoms with Crippen LogP contribution in [0.25, 0.3) is 0 Å². The normalized spacial score (nSPS) is 41.4. The minimum atomic E-state index is 0.880. The Hall–Kier alpha value is -0.240. The second kappa shape index (κ2) is 11.0. The van der Waals surface area contributed by atoms with Crippen LogP contribution >= 0.6 is 0 Å². The van der Waals surface area contributed by atoms with Crippen molar-refractivity contribution in [3.05, 3.63) is 0 Å². The van der Waals surface area contributed by atoms with Crippen LogP contribution in [0.3, 0.4) is 0 Å². The standard InChI is InChI=1S/2C9H18N2.C8H16N2/c1-10-5-4-9-8(7-10)3-6-11(9)2;1-10-4-3-8-5-11(2)7-9(8)6-10;1-9-5-3-8-7(9)4-6-10(8)2/h2*8-9H,3-7H2,1-2H3;7-8H,3-6H2,1-2H3. The fraction of sp³-hybridized carbons (Fsp3) is 1.00. The van der Waals surface area contributed by atoms with Crippen molar-refractivity contribution in [1.29, 1.82) is 0 Å². The molecule has 0 bridgehead atoms. The van der Waals surface area contributed by atoms with Crippen LogP contribution in [0, 0.1) is 17.8 Å². The minimum absolute atomic E-state index is 0.880. The minimum Gasteiger partial charge on any atom is -0.306 e. The summed E-state index contributed by atoms with van der Waals surface area (Å²) in [5.41, 5.74) is 0. The third-order valence-electron chi connectivity index (χ3n) is 9.63. The van der Waals surface area contributed by atoms with Crippen molar-refractivity contribution in [1.82, 2.24) is 29.4 Å². The van der Waals surface area contributed by atoms with Gasteiger partial charge in [0, 0.05) is 44.3 Å². The summed E-state index contributed by atoms with van der Waals surface area (Å²) in [7, 11) is 13.5. The van der Waals surface area contributed by atoms with Crippen LogP contribution in [0.2, 0.25) is 0 Å². The molecule has 6 atom stereocenters. The molecule has 6 rings (SSSR count). The molecular formula is C26H52N6. The first kappa shape index (κ1) is 24.9. The van der Waals surface area contributed by atoms with E-state index in [-0.39, 0.29) is 0 Å². The van der Waals surface area contributed by atoms with Gasteiger partial charge in [-0.3, -0.25) is 0 Å². The Morgan fingerprint density at radius 2 is 0.781 bits per heavy atom. The van der Waals surface area contributed by atoms with Gasteiger partial charge in [-0.05, 0) is 125 Å². The Labute approximate surface area is 198 Å². The third kappa shape index (κ3) is 5.87. The van der Waals surface area contributed by atoms with E-state index in [4.69, 9.17) is 0 Å². The molecule has 0 aromatic heterocycles. The molecule has 6 heterocycles. The zero-order valence-corrected chi connectivity index (χ0v) is 22.0. The molecule has 0 radical (unpaired) electrons. The van der Waals surface area contributed by atoms with Gasteiger partial charge in [0.15, 0.2) is 0 Å². The van der Waals surface area contributed by atoms with Crippen molar-refractivity contribution in [2.75, 3.05) is 101 Å². The maximum absolute atomic E-state index is 2.54. The second-order valence-electron chi connectivity index (χ2n) is 12.1. The van der Waals surface area contributed by atoms with Crippen LogP contribution < -0.4 is 0 Å². The van der Waals surface area contributed by atoms with Gasteiger partial charge in [0.1, 0.15) is 0 Å². The molecule has 0 amide bonds. The lowest BCUT2D eigenvalue weighted by molar-refractivity contribution is 0.145. The van der Waals surface area contributed by atoms with Crippen molar-refractivity contribution in [3.63, 3.8) is 0 Å². The van der Waals surface area contributed by atoms with Gasteiger partial charge in [-0.1, -0.05) is 0 Å². The van der Waals surface area contributed by atoms with Gasteiger partial charge in [0.25, 0.3) is 0 Å². The zero-order chi connectivity index (χ0) is 22.8. The lowest BCUT2D eigenvalue weighted by Crippen LogP contribution is -2.43. The quantitative estimate of drug-likeness (QED) is 0.556. The number of rotatable bonds is 0. The van der Waals surface area contributed by atoms with E-state index in [1.54, 1.807) is 0 Å². The maximum Gasteiger partial charge on any atom is 0.0261 e. The van der Waals surface area contributed by atoms with Crippen molar-refractivity contribution in [3.8, 4) is 0 Å². The molecule has 6 fully saturated rings. The summed E-state index contributed by atoms with van der Waals surface area (Å²) in [5.74, 6) is 2.95. The number of fused-ring (bicyclic) bond motifs is 3. The molecule has 0 aromatic rings. The molecule has 6 aliphatic rings. The largest absolute Gasteiger partial charge is 0.306 e. The van der Waals surface area contributed by atoms with E-state index in [1.807, 2.05) is 0 Å². The van der Waals surface area contributed by atoms with Gasteiger partial charge in [-0.25, -0.2) is 0 Å². The van der Waals surface area contributed by atoms with Gasteiger partial charge in [-0.15, -0.1) is 0 Å². The molecule has 0 aromatic carbocycles. The van der Waals surface area contributed by atoms with Crippen LogP contribution in [-0.4, -0.2) is 149 Å². The summed E-state index contributed by atoms with van der Waals surface area (Å²) in [6.45, 7) is 11.9. The lowest BCUT2D eigenvalue weighted by atomic mass is 9.89. The van der Waals surface area contributed by atoms with Crippen LogP contribution in [0.5, 0.6) is 0 Å². The highest BCUT2D eigenvalue weighted by atomic mass is 15.3. The molecule has 186 valence electrons. The summed E-state index contributed by atoms with van der Waals surface area (Å²) >= 11 is 0. The Bertz CT molecular complexity index is 567. The molecule has 6 aliphatic heterocycles. The fourth-order valence-electron chi connectivity index (χ4n) is 7.60. The van der Waals surface area contributed by atoms with Gasteiger partial charge in [0.05, 0.1) is 0 Å². The highest BCUT2D eigenvalue weighted by Crippen LogP contribution is 2.30. The monoisotopic (exact) mass is 448 g/mol. The summed E-state index contributed by atoms with van der Waals surface area (Å²) in [5, 5.41) is 0. The number of hydrogen-bond acceptors (Lipinski definition) is 6. The van der Waals surface area contributed by atoms with E-state index < -0.39 is 0 Å². The van der Waals surface area contributed by atoms with Crippen LogP contribution in [-0.2, 0) is 0 Å². The molecule has 6 saturated heterocycles. The Kier molecular flexibility index (Phi) is 8.55. The predicted octanol–water partition coefficient (Wildman–Crippen LogP) is 1.54. The molecule has 32 heavy (non-hydrogen) atoms. The summed E-state index contributed by atoms with van der Waals surface area (Å²) in [6, 6.07) is 2.67. The number of piperidine rings is 2. The van der Waals surface area contributed by atoms with Crippen molar-refractivity contribution in [2.24, 2.45) is 17.8 Å². The Balaban J connectivity index is 0.000000115. The maximum atomic E-state index is 2.54. The predicted molar refractivity (Wildman–Crippen MR) is 135 cm³/mol. The fourth-order valence-corrected chi connectivity index (χ4v) is 7.60. The van der Waals surface area contributed by atoms with Crippen LogP contribution in [0.15, 0.2) is 0 Å². The lowest BCUT2D eigenvalue weighted by Gasteiger charge is -2.34. The summed E-state index contributed by atoms with van der Waals surface area (Å²) < 4.78 is 0. The molecule has 0 aliphatic carbocycles. The topological polar surface area (TPSA) is 19.4 Å². The Morgan fingerprint density at radius 3 is 1.44 bits per heavy atom. The molecule has 0 saturated carbocycles. The molecule has 0 spiro atoms. The van der Waals surface area contributed by atoms with E-state index in [2.05, 4.69) is 71.7 Å². The first-order chi connectivity index (χ1) is 15.3. The second-order valence-corrected chi connectivity index (χ2v) is 12.1. The van der Waals surface area contributed by atoms with Gasteiger partial charge in [0.2, 0.25) is 0 Å². The number of likely N-dealkylation sites (tertiary alicyclic amines) is 6. The number of likely N-dealkylation sites (N-methyl/N-ethyl adjacent to an activating group) is 2. The third-order valence-corrected chi connectivity index (χ3v) is 9.63. The molecular weight excluding hydrogens is 396 g/mol. The molecule has 6 heteroatoms. The van der Waals surface area contributed by atoms with Crippen LogP contribution in [0.4, 0.5) is 0 Å². The first-order valence-electron chi connectivity index (χ1n) is 13.5. The molecule has 6 nitrogen and oxygen atoms in total. The summed E-state index contributed by atoms with van der Waals surface area (Å²) in [4.78, 5) is 15.0. The highest BCUT2D eigenvalue weighted by molar-refractivity contribution is 4.96. The number of hydrogen-bond donors (Lipinski definition) is 0. The SMILES string of the molecule is CN1CCC2C(CCN2C)C1.CN1CCC2C1CCN2C.CN1CCC2CN(C)CC2C1. The average Bonchev–Trinajstić information content (AvgIpc) is 3.50. The van der Waals surface area contributed by atoms with E-state index in [0.717, 1.165) is 35.9 Å². The molecule has 0 N–H and O–H groups in total. The van der Waals surface area contributed by atoms with E-state index in [9.17, 15) is 0 Å². The van der Waals surface area contributed by atoms with E-state index in [0.29, 0.717) is 0 Å². The van der Waals surface area contributed by atoms with E-state index in [1.165, 1.54) is 91.0 Å². The Morgan fingerprint density at radius 1 is 0.375 bits per heavy atom. The number of nitrogens with zero attached hydrogens (tertiary/aromatic N) is 6.